The number of alkyl carbamates (subject to hydrolysis) is 1. The van der Waals surface area contributed by atoms with Gasteiger partial charge in [0.15, 0.2) is 0 Å². The van der Waals surface area contributed by atoms with E-state index in [0.717, 1.165) is 27.2 Å². The summed E-state index contributed by atoms with van der Waals surface area (Å²) in [4.78, 5) is 36.1. The first-order chi connectivity index (χ1) is 15.0. The molecule has 7 heteroatoms. The van der Waals surface area contributed by atoms with Crippen molar-refractivity contribution in [2.75, 3.05) is 26.2 Å². The molecule has 0 saturated carbocycles. The quantitative estimate of drug-likeness (QED) is 0.480. The summed E-state index contributed by atoms with van der Waals surface area (Å²) in [7, 11) is 0. The number of fused-ring (bicyclic) bond motifs is 3. The van der Waals surface area contributed by atoms with Crippen molar-refractivity contribution in [2.24, 2.45) is 0 Å². The maximum Gasteiger partial charge on any atom is 0.407 e. The van der Waals surface area contributed by atoms with Crippen LogP contribution < -0.4 is 5.32 Å². The van der Waals surface area contributed by atoms with Crippen LogP contribution in [0.15, 0.2) is 48.5 Å². The first-order valence-corrected chi connectivity index (χ1v) is 10.0. The van der Waals surface area contributed by atoms with Gasteiger partial charge in [-0.25, -0.2) is 4.79 Å². The molecule has 160 valence electrons. The number of hydrogen-bond acceptors (Lipinski definition) is 4. The van der Waals surface area contributed by atoms with Gasteiger partial charge in [0.1, 0.15) is 13.2 Å². The molecule has 3 rings (SSSR count). The highest BCUT2D eigenvalue weighted by Crippen LogP contribution is 2.44. The number of nitrogens with zero attached hydrogens (tertiary/aromatic N) is 1. The van der Waals surface area contributed by atoms with E-state index < -0.39 is 18.6 Å². The number of amides is 2. The van der Waals surface area contributed by atoms with E-state index in [1.165, 1.54) is 0 Å². The van der Waals surface area contributed by atoms with E-state index in [0.29, 0.717) is 6.42 Å². The minimum Gasteiger partial charge on any atom is -0.480 e. The van der Waals surface area contributed by atoms with Crippen LogP contribution in [0.3, 0.4) is 0 Å². The predicted octanol–water partition coefficient (Wildman–Crippen LogP) is 2.85. The van der Waals surface area contributed by atoms with Crippen LogP contribution in [-0.2, 0) is 14.3 Å². The Kier molecular flexibility index (Phi) is 7.28. The van der Waals surface area contributed by atoms with Crippen molar-refractivity contribution in [3.05, 3.63) is 59.7 Å². The van der Waals surface area contributed by atoms with E-state index >= 15 is 0 Å². The fourth-order valence-electron chi connectivity index (χ4n) is 3.74. The van der Waals surface area contributed by atoms with Crippen molar-refractivity contribution in [1.82, 2.24) is 10.2 Å². The molecule has 0 aliphatic heterocycles. The van der Waals surface area contributed by atoms with Gasteiger partial charge in [-0.05, 0) is 28.7 Å². The Morgan fingerprint density at radius 2 is 1.68 bits per heavy atom. The fraction of sp³-hybridized carbons (Fsp3) is 0.292. The maximum absolute atomic E-state index is 12.1. The van der Waals surface area contributed by atoms with Crippen molar-refractivity contribution in [2.45, 2.75) is 18.8 Å². The van der Waals surface area contributed by atoms with Gasteiger partial charge in [0, 0.05) is 18.9 Å². The van der Waals surface area contributed by atoms with E-state index in [1.54, 1.807) is 0 Å². The van der Waals surface area contributed by atoms with Crippen LogP contribution >= 0.6 is 0 Å². The Morgan fingerprint density at radius 3 is 2.26 bits per heavy atom. The summed E-state index contributed by atoms with van der Waals surface area (Å²) >= 11 is 0. The third-order valence-corrected chi connectivity index (χ3v) is 5.14. The van der Waals surface area contributed by atoms with Gasteiger partial charge in [0.2, 0.25) is 5.91 Å². The number of terminal acetylenes is 1. The van der Waals surface area contributed by atoms with E-state index in [4.69, 9.17) is 16.3 Å². The second-order valence-corrected chi connectivity index (χ2v) is 7.20. The molecule has 1 aliphatic carbocycles. The van der Waals surface area contributed by atoms with Gasteiger partial charge in [-0.2, -0.15) is 0 Å². The number of aliphatic carboxylic acids is 1. The van der Waals surface area contributed by atoms with Crippen LogP contribution in [0.4, 0.5) is 4.79 Å². The van der Waals surface area contributed by atoms with Crippen molar-refractivity contribution in [1.29, 1.82) is 0 Å². The standard InChI is InChI=1S/C24H24N2O5/c1-2-14-26(15-23(28)29)22(27)12-7-13-25-24(30)31-16-21-19-10-5-3-8-17(19)18-9-4-6-11-20(18)21/h1,3-6,8-11,21H,7,12-16H2,(H,25,30)(H,28,29). The average Bonchev–Trinajstić information content (AvgIpc) is 3.08. The molecule has 0 saturated heterocycles. The minimum absolute atomic E-state index is 0.0203. The molecule has 1 aliphatic rings. The summed E-state index contributed by atoms with van der Waals surface area (Å²) in [6.07, 6.45) is 5.05. The number of carbonyl (C=O) groups is 3. The molecule has 2 N–H and O–H groups in total. The van der Waals surface area contributed by atoms with E-state index in [1.807, 2.05) is 36.4 Å². The SMILES string of the molecule is C#CCN(CC(=O)O)C(=O)CCCNC(=O)OCC1c2ccccc2-c2ccccc21. The third-order valence-electron chi connectivity index (χ3n) is 5.14. The highest BCUT2D eigenvalue weighted by atomic mass is 16.5. The molecule has 0 fully saturated rings. The second kappa shape index (κ2) is 10.3. The number of carboxylic acid groups (broad SMARTS) is 1. The summed E-state index contributed by atoms with van der Waals surface area (Å²) in [5.41, 5.74) is 4.58. The third kappa shape index (κ3) is 5.43. The molecule has 0 heterocycles. The zero-order valence-corrected chi connectivity index (χ0v) is 17.0. The Morgan fingerprint density at radius 1 is 1.06 bits per heavy atom. The lowest BCUT2D eigenvalue weighted by Gasteiger charge is -2.18. The lowest BCUT2D eigenvalue weighted by atomic mass is 9.98. The Hall–Kier alpha value is -3.79. The van der Waals surface area contributed by atoms with Gasteiger partial charge < -0.3 is 20.1 Å². The monoisotopic (exact) mass is 420 g/mol. The van der Waals surface area contributed by atoms with Crippen molar-refractivity contribution >= 4 is 18.0 Å². The average molecular weight is 420 g/mol. The highest BCUT2D eigenvalue weighted by molar-refractivity contribution is 5.81. The summed E-state index contributed by atoms with van der Waals surface area (Å²) in [5.74, 6) is 0.761. The predicted molar refractivity (Wildman–Crippen MR) is 115 cm³/mol. The smallest absolute Gasteiger partial charge is 0.407 e. The zero-order valence-electron chi connectivity index (χ0n) is 17.0. The van der Waals surface area contributed by atoms with Gasteiger partial charge in [-0.3, -0.25) is 9.59 Å². The van der Waals surface area contributed by atoms with Crippen LogP contribution in [0, 0.1) is 12.3 Å². The highest BCUT2D eigenvalue weighted by Gasteiger charge is 2.28. The molecule has 2 aromatic carbocycles. The number of hydrogen-bond donors (Lipinski definition) is 2. The number of rotatable bonds is 9. The molecule has 0 aromatic heterocycles. The van der Waals surface area contributed by atoms with Crippen LogP contribution in [0.25, 0.3) is 11.1 Å². The molecule has 7 nitrogen and oxygen atoms in total. The molecule has 0 spiro atoms. The minimum atomic E-state index is -1.12. The van der Waals surface area contributed by atoms with Crippen LogP contribution in [-0.4, -0.2) is 54.2 Å². The van der Waals surface area contributed by atoms with Gasteiger partial charge >= 0.3 is 12.1 Å². The molecule has 0 unspecified atom stereocenters. The summed E-state index contributed by atoms with van der Waals surface area (Å²) < 4.78 is 5.44. The van der Waals surface area contributed by atoms with Crippen molar-refractivity contribution < 1.29 is 24.2 Å². The lowest BCUT2D eigenvalue weighted by Crippen LogP contribution is -2.36. The largest absolute Gasteiger partial charge is 0.480 e. The van der Waals surface area contributed by atoms with Gasteiger partial charge in [0.05, 0.1) is 6.54 Å². The van der Waals surface area contributed by atoms with Crippen molar-refractivity contribution in [3.8, 4) is 23.5 Å². The normalized spacial score (nSPS) is 11.7. The van der Waals surface area contributed by atoms with E-state index in [9.17, 15) is 14.4 Å². The van der Waals surface area contributed by atoms with Gasteiger partial charge in [-0.15, -0.1) is 6.42 Å². The number of benzene rings is 2. The lowest BCUT2D eigenvalue weighted by molar-refractivity contribution is -0.144. The Balaban J connectivity index is 1.46. The molecule has 2 amide bonds. The summed E-state index contributed by atoms with van der Waals surface area (Å²) in [6, 6.07) is 16.2. The molecule has 0 radical (unpaired) electrons. The van der Waals surface area contributed by atoms with E-state index in [-0.39, 0.29) is 37.9 Å². The first-order valence-electron chi connectivity index (χ1n) is 10.0. The topological polar surface area (TPSA) is 95.9 Å². The van der Waals surface area contributed by atoms with Gasteiger partial charge in [0.25, 0.3) is 0 Å². The zero-order chi connectivity index (χ0) is 22.2. The van der Waals surface area contributed by atoms with E-state index in [2.05, 4.69) is 23.4 Å². The molecule has 0 bridgehead atoms. The number of nitrogens with one attached hydrogen (secondary N) is 1. The van der Waals surface area contributed by atoms with Crippen LogP contribution in [0.5, 0.6) is 0 Å². The van der Waals surface area contributed by atoms with Crippen molar-refractivity contribution in [3.63, 3.8) is 0 Å². The maximum atomic E-state index is 12.1. The number of ether oxygens (including phenoxy) is 1. The van der Waals surface area contributed by atoms with Gasteiger partial charge in [-0.1, -0.05) is 54.5 Å². The fourth-order valence-corrected chi connectivity index (χ4v) is 3.74. The molecule has 0 atom stereocenters. The molecular formula is C24H24N2O5. The Labute approximate surface area is 181 Å². The molecule has 31 heavy (non-hydrogen) atoms. The number of carboxylic acids is 1. The summed E-state index contributed by atoms with van der Waals surface area (Å²) in [6.45, 7) is -0.0551. The second-order valence-electron chi connectivity index (χ2n) is 7.20. The Bertz CT molecular complexity index is 966. The molecular weight excluding hydrogens is 396 g/mol. The molecule has 2 aromatic rings. The van der Waals surface area contributed by atoms with Crippen LogP contribution in [0.1, 0.15) is 29.9 Å². The number of carbonyl (C=O) groups excluding carboxylic acids is 2. The summed E-state index contributed by atoms with van der Waals surface area (Å²) in [5, 5.41) is 11.5. The first kappa shape index (κ1) is 21.9. The van der Waals surface area contributed by atoms with Crippen LogP contribution in [0.2, 0.25) is 0 Å².